The molecular weight excluding hydrogens is 228 g/mol. The van der Waals surface area contributed by atoms with Gasteiger partial charge in [0.25, 0.3) is 0 Å². The SMILES string of the molecule is CCOC(=O)c1csc(C2COCCN2)n1. The number of carbonyl (C=O) groups is 1. The van der Waals surface area contributed by atoms with E-state index in [2.05, 4.69) is 10.3 Å². The van der Waals surface area contributed by atoms with Crippen molar-refractivity contribution in [2.24, 2.45) is 0 Å². The zero-order valence-electron chi connectivity index (χ0n) is 9.06. The average molecular weight is 242 g/mol. The van der Waals surface area contributed by atoms with Gasteiger partial charge in [-0.2, -0.15) is 0 Å². The minimum Gasteiger partial charge on any atom is -0.461 e. The van der Waals surface area contributed by atoms with Gasteiger partial charge in [0, 0.05) is 11.9 Å². The van der Waals surface area contributed by atoms with Gasteiger partial charge in [-0.1, -0.05) is 0 Å². The number of morpholine rings is 1. The van der Waals surface area contributed by atoms with Crippen LogP contribution in [0.3, 0.4) is 0 Å². The Balaban J connectivity index is 2.03. The van der Waals surface area contributed by atoms with Crippen molar-refractivity contribution in [2.75, 3.05) is 26.4 Å². The lowest BCUT2D eigenvalue weighted by Gasteiger charge is -2.21. The van der Waals surface area contributed by atoms with Gasteiger partial charge in [-0.05, 0) is 6.92 Å². The van der Waals surface area contributed by atoms with Crippen molar-refractivity contribution in [1.82, 2.24) is 10.3 Å². The number of rotatable bonds is 3. The summed E-state index contributed by atoms with van der Waals surface area (Å²) < 4.78 is 10.2. The van der Waals surface area contributed by atoms with E-state index in [9.17, 15) is 4.79 Å². The second-order valence-corrected chi connectivity index (χ2v) is 4.26. The van der Waals surface area contributed by atoms with Crippen LogP contribution in [0.2, 0.25) is 0 Å². The van der Waals surface area contributed by atoms with E-state index in [0.29, 0.717) is 18.9 Å². The highest BCUT2D eigenvalue weighted by Gasteiger charge is 2.20. The van der Waals surface area contributed by atoms with Gasteiger partial charge in [0.15, 0.2) is 5.69 Å². The molecule has 1 aliphatic rings. The fourth-order valence-corrected chi connectivity index (χ4v) is 2.32. The molecule has 0 radical (unpaired) electrons. The minimum absolute atomic E-state index is 0.0990. The number of hydrogen-bond acceptors (Lipinski definition) is 6. The Morgan fingerprint density at radius 1 is 1.81 bits per heavy atom. The predicted molar refractivity (Wildman–Crippen MR) is 59.6 cm³/mol. The van der Waals surface area contributed by atoms with Crippen LogP contribution in [0.15, 0.2) is 5.38 Å². The predicted octanol–water partition coefficient (Wildman–Crippen LogP) is 0.981. The molecule has 0 spiro atoms. The number of nitrogens with zero attached hydrogens (tertiary/aromatic N) is 1. The summed E-state index contributed by atoms with van der Waals surface area (Å²) in [5.41, 5.74) is 0.384. The van der Waals surface area contributed by atoms with Crippen LogP contribution >= 0.6 is 11.3 Å². The summed E-state index contributed by atoms with van der Waals surface area (Å²) in [4.78, 5) is 15.7. The molecule has 1 aromatic heterocycles. The molecule has 0 aromatic carbocycles. The molecule has 16 heavy (non-hydrogen) atoms. The summed E-state index contributed by atoms with van der Waals surface area (Å²) in [6.07, 6.45) is 0. The van der Waals surface area contributed by atoms with Crippen LogP contribution in [-0.4, -0.2) is 37.3 Å². The summed E-state index contributed by atoms with van der Waals surface area (Å²) in [7, 11) is 0. The standard InChI is InChI=1S/C10H14N2O3S/c1-2-15-10(13)8-6-16-9(12-8)7-5-14-4-3-11-7/h6-7,11H,2-5H2,1H3. The second kappa shape index (κ2) is 5.38. The summed E-state index contributed by atoms with van der Waals surface area (Å²) in [5, 5.41) is 5.89. The molecule has 1 atom stereocenters. The van der Waals surface area contributed by atoms with Gasteiger partial charge in [0.05, 0.1) is 25.9 Å². The quantitative estimate of drug-likeness (QED) is 0.801. The van der Waals surface area contributed by atoms with E-state index in [-0.39, 0.29) is 12.0 Å². The smallest absolute Gasteiger partial charge is 0.357 e. The molecule has 0 saturated carbocycles. The Labute approximate surface area is 97.8 Å². The normalized spacial score (nSPS) is 20.7. The van der Waals surface area contributed by atoms with Gasteiger partial charge in [0.2, 0.25) is 0 Å². The zero-order valence-corrected chi connectivity index (χ0v) is 9.88. The first-order valence-electron chi connectivity index (χ1n) is 5.25. The molecule has 1 unspecified atom stereocenters. The maximum atomic E-state index is 11.4. The first-order valence-corrected chi connectivity index (χ1v) is 6.13. The van der Waals surface area contributed by atoms with E-state index in [0.717, 1.165) is 18.2 Å². The van der Waals surface area contributed by atoms with Crippen LogP contribution in [0.25, 0.3) is 0 Å². The van der Waals surface area contributed by atoms with Crippen molar-refractivity contribution in [3.05, 3.63) is 16.1 Å². The fourth-order valence-electron chi connectivity index (χ4n) is 1.47. The molecule has 0 aliphatic carbocycles. The summed E-state index contributed by atoms with van der Waals surface area (Å²) >= 11 is 1.46. The molecule has 1 fully saturated rings. The molecule has 2 heterocycles. The van der Waals surface area contributed by atoms with Crippen LogP contribution in [0.5, 0.6) is 0 Å². The summed E-state index contributed by atoms with van der Waals surface area (Å²) in [6.45, 7) is 4.31. The number of hydrogen-bond donors (Lipinski definition) is 1. The lowest BCUT2D eigenvalue weighted by molar-refractivity contribution is 0.0518. The topological polar surface area (TPSA) is 60.5 Å². The van der Waals surface area contributed by atoms with Crippen molar-refractivity contribution in [3.63, 3.8) is 0 Å². The Morgan fingerprint density at radius 2 is 2.69 bits per heavy atom. The van der Waals surface area contributed by atoms with Crippen molar-refractivity contribution >= 4 is 17.3 Å². The Bertz CT molecular complexity index is 361. The third kappa shape index (κ3) is 2.58. The van der Waals surface area contributed by atoms with Gasteiger partial charge < -0.3 is 14.8 Å². The third-order valence-corrected chi connectivity index (χ3v) is 3.18. The van der Waals surface area contributed by atoms with Crippen LogP contribution < -0.4 is 5.32 Å². The van der Waals surface area contributed by atoms with Gasteiger partial charge in [-0.15, -0.1) is 11.3 Å². The molecule has 1 aliphatic heterocycles. The highest BCUT2D eigenvalue weighted by molar-refractivity contribution is 7.09. The van der Waals surface area contributed by atoms with Crippen molar-refractivity contribution in [2.45, 2.75) is 13.0 Å². The maximum Gasteiger partial charge on any atom is 0.357 e. The van der Waals surface area contributed by atoms with E-state index in [1.54, 1.807) is 12.3 Å². The molecule has 0 amide bonds. The van der Waals surface area contributed by atoms with Gasteiger partial charge >= 0.3 is 5.97 Å². The molecule has 1 saturated heterocycles. The highest BCUT2D eigenvalue weighted by atomic mass is 32.1. The fraction of sp³-hybridized carbons (Fsp3) is 0.600. The van der Waals surface area contributed by atoms with E-state index in [4.69, 9.17) is 9.47 Å². The first-order chi connectivity index (χ1) is 7.81. The molecule has 0 bridgehead atoms. The molecule has 1 N–H and O–H groups in total. The van der Waals surface area contributed by atoms with Crippen molar-refractivity contribution in [3.8, 4) is 0 Å². The largest absolute Gasteiger partial charge is 0.461 e. The van der Waals surface area contributed by atoms with Gasteiger partial charge in [-0.3, -0.25) is 0 Å². The number of nitrogens with one attached hydrogen (secondary N) is 1. The molecule has 2 rings (SSSR count). The number of esters is 1. The zero-order chi connectivity index (χ0) is 11.4. The van der Waals surface area contributed by atoms with Crippen molar-refractivity contribution < 1.29 is 14.3 Å². The molecule has 6 heteroatoms. The lowest BCUT2D eigenvalue weighted by atomic mass is 10.3. The first kappa shape index (κ1) is 11.5. The highest BCUT2D eigenvalue weighted by Crippen LogP contribution is 2.20. The van der Waals surface area contributed by atoms with Crippen LogP contribution in [0, 0.1) is 0 Å². The van der Waals surface area contributed by atoms with Crippen LogP contribution in [0.4, 0.5) is 0 Å². The van der Waals surface area contributed by atoms with Gasteiger partial charge in [0.1, 0.15) is 5.01 Å². The van der Waals surface area contributed by atoms with E-state index < -0.39 is 0 Å². The molecular formula is C10H14N2O3S. The second-order valence-electron chi connectivity index (χ2n) is 3.37. The van der Waals surface area contributed by atoms with Gasteiger partial charge in [-0.25, -0.2) is 9.78 Å². The average Bonchev–Trinajstić information content (AvgIpc) is 2.80. The summed E-state index contributed by atoms with van der Waals surface area (Å²) in [6, 6.07) is 0.0990. The Kier molecular flexibility index (Phi) is 3.87. The van der Waals surface area contributed by atoms with Crippen molar-refractivity contribution in [1.29, 1.82) is 0 Å². The number of aromatic nitrogens is 1. The maximum absolute atomic E-state index is 11.4. The molecule has 1 aromatic rings. The molecule has 88 valence electrons. The van der Waals surface area contributed by atoms with E-state index >= 15 is 0 Å². The minimum atomic E-state index is -0.360. The summed E-state index contributed by atoms with van der Waals surface area (Å²) in [5.74, 6) is -0.360. The Morgan fingerprint density at radius 3 is 3.38 bits per heavy atom. The van der Waals surface area contributed by atoms with E-state index in [1.165, 1.54) is 11.3 Å². The number of carbonyl (C=O) groups excluding carboxylic acids is 1. The third-order valence-electron chi connectivity index (χ3n) is 2.23. The molecule has 5 nitrogen and oxygen atoms in total. The van der Waals surface area contributed by atoms with Crippen LogP contribution in [0.1, 0.15) is 28.5 Å². The number of ether oxygens (including phenoxy) is 2. The Hall–Kier alpha value is -0.980. The van der Waals surface area contributed by atoms with E-state index in [1.807, 2.05) is 0 Å². The number of thiazole rings is 1. The van der Waals surface area contributed by atoms with Crippen LogP contribution in [-0.2, 0) is 9.47 Å². The monoisotopic (exact) mass is 242 g/mol. The lowest BCUT2D eigenvalue weighted by Crippen LogP contribution is -2.34.